The van der Waals surface area contributed by atoms with Crippen LogP contribution in [0.3, 0.4) is 0 Å². The molecule has 2 aliphatic rings. The van der Waals surface area contributed by atoms with Gasteiger partial charge in [0.15, 0.2) is 0 Å². The smallest absolute Gasteiger partial charge is 0.134 e. The zero-order valence-electron chi connectivity index (χ0n) is 16.4. The Bertz CT molecular complexity index is 744. The van der Waals surface area contributed by atoms with Gasteiger partial charge in [-0.25, -0.2) is 19.9 Å². The van der Waals surface area contributed by atoms with E-state index in [0.29, 0.717) is 6.04 Å². The first-order chi connectivity index (χ1) is 13.2. The standard InChI is InChI=1S/C20H29N7/c1-15-12-20(24-16(2)23-15)27-10-6-17(7-11-27)25-18-13-19(22-14-21-18)26-8-4-3-5-9-26/h12-14,17H,3-11H2,1-2H3,(H,21,22,25). The van der Waals surface area contributed by atoms with Gasteiger partial charge < -0.3 is 15.1 Å². The normalized spacial score (nSPS) is 18.6. The minimum absolute atomic E-state index is 0.439. The molecule has 0 spiro atoms. The molecule has 144 valence electrons. The van der Waals surface area contributed by atoms with Crippen LogP contribution < -0.4 is 15.1 Å². The summed E-state index contributed by atoms with van der Waals surface area (Å²) in [6.07, 6.45) is 7.68. The van der Waals surface area contributed by atoms with Gasteiger partial charge in [-0.2, -0.15) is 0 Å². The Labute approximate surface area is 161 Å². The molecule has 2 aliphatic heterocycles. The average Bonchev–Trinajstić information content (AvgIpc) is 2.69. The van der Waals surface area contributed by atoms with E-state index in [1.165, 1.54) is 19.3 Å². The van der Waals surface area contributed by atoms with Crippen LogP contribution in [0.5, 0.6) is 0 Å². The summed E-state index contributed by atoms with van der Waals surface area (Å²) >= 11 is 0. The molecule has 1 N–H and O–H groups in total. The first-order valence-corrected chi connectivity index (χ1v) is 10.1. The Balaban J connectivity index is 1.35. The molecule has 0 saturated carbocycles. The van der Waals surface area contributed by atoms with Crippen LogP contribution >= 0.6 is 0 Å². The lowest BCUT2D eigenvalue weighted by atomic mass is 10.0. The second kappa shape index (κ2) is 8.06. The van der Waals surface area contributed by atoms with Crippen LogP contribution in [0.25, 0.3) is 0 Å². The van der Waals surface area contributed by atoms with Gasteiger partial charge in [-0.1, -0.05) is 0 Å². The van der Waals surface area contributed by atoms with Crippen LogP contribution in [0, 0.1) is 13.8 Å². The Hall–Kier alpha value is -2.44. The van der Waals surface area contributed by atoms with Crippen molar-refractivity contribution in [1.29, 1.82) is 0 Å². The van der Waals surface area contributed by atoms with Gasteiger partial charge in [-0.3, -0.25) is 0 Å². The van der Waals surface area contributed by atoms with E-state index in [1.807, 2.05) is 13.8 Å². The zero-order chi connectivity index (χ0) is 18.6. The number of hydrogen-bond donors (Lipinski definition) is 1. The number of hydrogen-bond acceptors (Lipinski definition) is 7. The van der Waals surface area contributed by atoms with E-state index >= 15 is 0 Å². The molecule has 0 radical (unpaired) electrons. The third kappa shape index (κ3) is 4.46. The Morgan fingerprint density at radius 2 is 1.59 bits per heavy atom. The van der Waals surface area contributed by atoms with Gasteiger partial charge in [0.25, 0.3) is 0 Å². The second-order valence-electron chi connectivity index (χ2n) is 7.63. The van der Waals surface area contributed by atoms with Crippen molar-refractivity contribution < 1.29 is 0 Å². The molecule has 7 nitrogen and oxygen atoms in total. The maximum Gasteiger partial charge on any atom is 0.134 e. The van der Waals surface area contributed by atoms with Gasteiger partial charge >= 0.3 is 0 Å². The van der Waals surface area contributed by atoms with E-state index in [1.54, 1.807) is 6.33 Å². The molecular weight excluding hydrogens is 338 g/mol. The van der Waals surface area contributed by atoms with E-state index in [2.05, 4.69) is 47.2 Å². The van der Waals surface area contributed by atoms with E-state index in [-0.39, 0.29) is 0 Å². The molecule has 0 bridgehead atoms. The van der Waals surface area contributed by atoms with E-state index in [4.69, 9.17) is 0 Å². The third-order valence-corrected chi connectivity index (χ3v) is 5.46. The van der Waals surface area contributed by atoms with E-state index < -0.39 is 0 Å². The monoisotopic (exact) mass is 367 g/mol. The summed E-state index contributed by atoms with van der Waals surface area (Å²) in [5, 5.41) is 3.62. The first-order valence-electron chi connectivity index (χ1n) is 10.1. The molecule has 4 rings (SSSR count). The van der Waals surface area contributed by atoms with E-state index in [0.717, 1.165) is 68.0 Å². The molecule has 0 unspecified atom stereocenters. The zero-order valence-corrected chi connectivity index (χ0v) is 16.4. The number of piperidine rings is 2. The number of aryl methyl sites for hydroxylation is 2. The lowest BCUT2D eigenvalue weighted by molar-refractivity contribution is 0.521. The fourth-order valence-corrected chi connectivity index (χ4v) is 4.04. The van der Waals surface area contributed by atoms with Crippen molar-refractivity contribution in [3.8, 4) is 0 Å². The summed E-state index contributed by atoms with van der Waals surface area (Å²) in [6.45, 7) is 8.19. The maximum atomic E-state index is 4.60. The highest BCUT2D eigenvalue weighted by Gasteiger charge is 2.21. The predicted molar refractivity (Wildman–Crippen MR) is 108 cm³/mol. The Kier molecular flexibility index (Phi) is 5.36. The molecule has 2 aromatic heterocycles. The van der Waals surface area contributed by atoms with Gasteiger partial charge in [0.1, 0.15) is 29.6 Å². The maximum absolute atomic E-state index is 4.60. The van der Waals surface area contributed by atoms with Crippen molar-refractivity contribution in [2.75, 3.05) is 41.3 Å². The second-order valence-corrected chi connectivity index (χ2v) is 7.63. The Morgan fingerprint density at radius 1 is 0.852 bits per heavy atom. The molecule has 27 heavy (non-hydrogen) atoms. The van der Waals surface area contributed by atoms with Crippen molar-refractivity contribution in [2.24, 2.45) is 0 Å². The van der Waals surface area contributed by atoms with Gasteiger partial charge in [0, 0.05) is 50.0 Å². The highest BCUT2D eigenvalue weighted by Crippen LogP contribution is 2.23. The number of nitrogens with one attached hydrogen (secondary N) is 1. The quantitative estimate of drug-likeness (QED) is 0.891. The molecule has 4 heterocycles. The minimum Gasteiger partial charge on any atom is -0.367 e. The van der Waals surface area contributed by atoms with Crippen LogP contribution in [-0.4, -0.2) is 52.2 Å². The van der Waals surface area contributed by atoms with Gasteiger partial charge in [0.2, 0.25) is 0 Å². The first kappa shape index (κ1) is 17.9. The van der Waals surface area contributed by atoms with Crippen LogP contribution in [-0.2, 0) is 0 Å². The molecule has 0 amide bonds. The predicted octanol–water partition coefficient (Wildman–Crippen LogP) is 2.95. The van der Waals surface area contributed by atoms with Gasteiger partial charge in [0.05, 0.1) is 0 Å². The fraction of sp³-hybridized carbons (Fsp3) is 0.600. The molecule has 0 atom stereocenters. The number of rotatable bonds is 4. The van der Waals surface area contributed by atoms with Crippen molar-refractivity contribution in [1.82, 2.24) is 19.9 Å². The topological polar surface area (TPSA) is 70.1 Å². The van der Waals surface area contributed by atoms with Crippen molar-refractivity contribution in [3.63, 3.8) is 0 Å². The summed E-state index contributed by atoms with van der Waals surface area (Å²) in [4.78, 5) is 22.6. The molecule has 2 fully saturated rings. The van der Waals surface area contributed by atoms with Crippen molar-refractivity contribution >= 4 is 17.5 Å². The fourth-order valence-electron chi connectivity index (χ4n) is 4.04. The number of nitrogens with zero attached hydrogens (tertiary/aromatic N) is 6. The largest absolute Gasteiger partial charge is 0.367 e. The number of anilines is 3. The Morgan fingerprint density at radius 3 is 2.33 bits per heavy atom. The highest BCUT2D eigenvalue weighted by atomic mass is 15.2. The van der Waals surface area contributed by atoms with Crippen LogP contribution in [0.2, 0.25) is 0 Å². The van der Waals surface area contributed by atoms with Crippen molar-refractivity contribution in [2.45, 2.75) is 52.0 Å². The summed E-state index contributed by atoms with van der Waals surface area (Å²) in [6, 6.07) is 4.62. The van der Waals surface area contributed by atoms with Crippen LogP contribution in [0.4, 0.5) is 17.5 Å². The molecule has 2 aromatic rings. The van der Waals surface area contributed by atoms with Gasteiger partial charge in [-0.15, -0.1) is 0 Å². The van der Waals surface area contributed by atoms with Gasteiger partial charge in [-0.05, 0) is 46.0 Å². The summed E-state index contributed by atoms with van der Waals surface area (Å²) in [7, 11) is 0. The third-order valence-electron chi connectivity index (χ3n) is 5.46. The van der Waals surface area contributed by atoms with Crippen molar-refractivity contribution in [3.05, 3.63) is 30.0 Å². The molecule has 2 saturated heterocycles. The highest BCUT2D eigenvalue weighted by molar-refractivity contribution is 5.49. The SMILES string of the molecule is Cc1cc(N2CCC(Nc3cc(N4CCCCC4)ncn3)CC2)nc(C)n1. The molecule has 7 heteroatoms. The molecule has 0 aliphatic carbocycles. The minimum atomic E-state index is 0.439. The summed E-state index contributed by atoms with van der Waals surface area (Å²) in [5.74, 6) is 3.89. The van der Waals surface area contributed by atoms with Crippen LogP contribution in [0.1, 0.15) is 43.6 Å². The summed E-state index contributed by atoms with van der Waals surface area (Å²) < 4.78 is 0. The molecular formula is C20H29N7. The lowest BCUT2D eigenvalue weighted by Gasteiger charge is -2.33. The molecule has 0 aromatic carbocycles. The van der Waals surface area contributed by atoms with E-state index in [9.17, 15) is 0 Å². The number of aromatic nitrogens is 4. The lowest BCUT2D eigenvalue weighted by Crippen LogP contribution is -2.39. The van der Waals surface area contributed by atoms with Crippen LogP contribution in [0.15, 0.2) is 18.5 Å². The average molecular weight is 368 g/mol. The summed E-state index contributed by atoms with van der Waals surface area (Å²) in [5.41, 5.74) is 1.03.